The summed E-state index contributed by atoms with van der Waals surface area (Å²) >= 11 is 0. The average molecular weight is 448 g/mol. The number of carbonyl (C=O) groups excluding carboxylic acids is 1. The molecule has 2 atom stereocenters. The van der Waals surface area contributed by atoms with Gasteiger partial charge in [0.1, 0.15) is 23.4 Å². The predicted octanol–water partition coefficient (Wildman–Crippen LogP) is 0.839. The summed E-state index contributed by atoms with van der Waals surface area (Å²) in [5.74, 6) is -8.04. The second kappa shape index (κ2) is 8.26. The molecule has 0 saturated heterocycles. The Balaban J connectivity index is 2.04. The Bertz CT molecular complexity index is 1130. The number of benzene rings is 2. The second-order valence-corrected chi connectivity index (χ2v) is 6.73. The molecule has 1 heterocycles. The van der Waals surface area contributed by atoms with Crippen LogP contribution in [0.1, 0.15) is 15.9 Å². The van der Waals surface area contributed by atoms with E-state index in [4.69, 9.17) is 14.6 Å². The lowest BCUT2D eigenvalue weighted by Crippen LogP contribution is -2.44. The Morgan fingerprint density at radius 3 is 2.12 bits per heavy atom. The number of phenols is 5. The van der Waals surface area contributed by atoms with E-state index in [-0.39, 0.29) is 17.7 Å². The van der Waals surface area contributed by atoms with Gasteiger partial charge in [-0.1, -0.05) is 0 Å². The van der Waals surface area contributed by atoms with Gasteiger partial charge in [0.25, 0.3) is 0 Å². The number of hydrogen-bond donors (Lipinski definition) is 7. The van der Waals surface area contributed by atoms with Crippen LogP contribution in [0.4, 0.5) is 0 Å². The largest absolute Gasteiger partial charge is 0.508 e. The highest BCUT2D eigenvalue weighted by atomic mass is 16.6. The Morgan fingerprint density at radius 1 is 0.938 bits per heavy atom. The van der Waals surface area contributed by atoms with Crippen molar-refractivity contribution < 1.29 is 59.6 Å². The number of carboxylic acids is 2. The molecule has 1 aliphatic heterocycles. The third-order valence-electron chi connectivity index (χ3n) is 4.56. The van der Waals surface area contributed by atoms with Gasteiger partial charge < -0.3 is 45.2 Å². The summed E-state index contributed by atoms with van der Waals surface area (Å²) in [6, 6.07) is 3.61. The zero-order valence-corrected chi connectivity index (χ0v) is 15.9. The van der Waals surface area contributed by atoms with E-state index in [9.17, 15) is 45.0 Å². The molecule has 0 saturated carbocycles. The highest BCUT2D eigenvalue weighted by molar-refractivity contribution is 5.96. The maximum absolute atomic E-state index is 12.6. The minimum absolute atomic E-state index is 0.0494. The monoisotopic (exact) mass is 448 g/mol. The van der Waals surface area contributed by atoms with E-state index < -0.39 is 70.0 Å². The number of ether oxygens (including phenoxy) is 2. The summed E-state index contributed by atoms with van der Waals surface area (Å²) in [7, 11) is 0. The van der Waals surface area contributed by atoms with E-state index in [1.165, 1.54) is 0 Å². The van der Waals surface area contributed by atoms with Crippen LogP contribution in [-0.4, -0.2) is 65.9 Å². The second-order valence-electron chi connectivity index (χ2n) is 6.73. The smallest absolute Gasteiger partial charge is 0.338 e. The van der Waals surface area contributed by atoms with Crippen LogP contribution in [0.15, 0.2) is 35.9 Å². The number of fused-ring (bicyclic) bond motifs is 1. The van der Waals surface area contributed by atoms with Gasteiger partial charge in [-0.05, 0) is 12.1 Å². The van der Waals surface area contributed by atoms with Crippen molar-refractivity contribution in [1.29, 1.82) is 0 Å². The molecule has 7 N–H and O–H groups in total. The van der Waals surface area contributed by atoms with E-state index in [0.717, 1.165) is 24.3 Å². The fraction of sp³-hybridized carbons (Fsp3) is 0.150. The topological polar surface area (TPSA) is 211 Å². The molecule has 0 spiro atoms. The van der Waals surface area contributed by atoms with E-state index in [1.807, 2.05) is 0 Å². The fourth-order valence-corrected chi connectivity index (χ4v) is 3.14. The zero-order chi connectivity index (χ0) is 23.7. The summed E-state index contributed by atoms with van der Waals surface area (Å²) in [6.07, 6.45) is -3.14. The van der Waals surface area contributed by atoms with Crippen LogP contribution in [0.5, 0.6) is 34.5 Å². The molecule has 0 amide bonds. The maximum atomic E-state index is 12.6. The summed E-state index contributed by atoms with van der Waals surface area (Å²) in [5.41, 5.74) is -1.16. The molecule has 32 heavy (non-hydrogen) atoms. The molecule has 2 aromatic rings. The number of esters is 1. The molecule has 0 aliphatic carbocycles. The normalized spacial score (nSPS) is 17.7. The quantitative estimate of drug-likeness (QED) is 0.193. The number of phenolic OH excluding ortho intramolecular Hbond substituents is 5. The van der Waals surface area contributed by atoms with Crippen LogP contribution >= 0.6 is 0 Å². The zero-order valence-electron chi connectivity index (χ0n) is 15.9. The van der Waals surface area contributed by atoms with Crippen molar-refractivity contribution in [3.8, 4) is 34.5 Å². The summed E-state index contributed by atoms with van der Waals surface area (Å²) < 4.78 is 10.7. The lowest BCUT2D eigenvalue weighted by atomic mass is 9.93. The highest BCUT2D eigenvalue weighted by Gasteiger charge is 2.40. The van der Waals surface area contributed by atoms with Crippen LogP contribution in [0, 0.1) is 0 Å². The van der Waals surface area contributed by atoms with Crippen LogP contribution in [0.25, 0.3) is 0 Å². The Kier molecular flexibility index (Phi) is 5.70. The molecule has 12 nitrogen and oxygen atoms in total. The molecule has 12 heteroatoms. The number of carbonyl (C=O) groups is 3. The van der Waals surface area contributed by atoms with Crippen molar-refractivity contribution in [3.05, 3.63) is 47.0 Å². The lowest BCUT2D eigenvalue weighted by molar-refractivity contribution is -0.136. The minimum Gasteiger partial charge on any atom is -0.508 e. The summed E-state index contributed by atoms with van der Waals surface area (Å²) in [6.45, 7) is 0. The Labute approximate surface area is 178 Å². The molecule has 0 radical (unpaired) electrons. The standard InChI is InChI=1S/C20H16O12/c21-8-3-11(22)9-5-15(32-20(30)7-1-12(23)17(27)13(24)2-7)18(31-14(9)4-8)10(19(28)29)6-16(25)26/h1-4,6,15,18,21-24,27H,5H2,(H,25,26)(H,28,29)/t15-,18-/m1/s1. The molecule has 0 unspecified atom stereocenters. The molecule has 168 valence electrons. The van der Waals surface area contributed by atoms with Crippen LogP contribution in [0.2, 0.25) is 0 Å². The first-order valence-corrected chi connectivity index (χ1v) is 8.83. The fourth-order valence-electron chi connectivity index (χ4n) is 3.14. The Hall–Kier alpha value is -4.61. The van der Waals surface area contributed by atoms with Gasteiger partial charge in [0.15, 0.2) is 23.4 Å². The van der Waals surface area contributed by atoms with Gasteiger partial charge >= 0.3 is 17.9 Å². The first kappa shape index (κ1) is 22.1. The van der Waals surface area contributed by atoms with Gasteiger partial charge in [0.2, 0.25) is 0 Å². The van der Waals surface area contributed by atoms with Crippen LogP contribution in [-0.2, 0) is 20.7 Å². The number of hydrogen-bond acceptors (Lipinski definition) is 10. The van der Waals surface area contributed by atoms with E-state index in [1.54, 1.807) is 0 Å². The number of aliphatic carboxylic acids is 2. The van der Waals surface area contributed by atoms with Crippen LogP contribution in [0.3, 0.4) is 0 Å². The third-order valence-corrected chi connectivity index (χ3v) is 4.56. The van der Waals surface area contributed by atoms with Crippen LogP contribution < -0.4 is 4.74 Å². The lowest BCUT2D eigenvalue weighted by Gasteiger charge is -2.33. The molecule has 1 aliphatic rings. The van der Waals surface area contributed by atoms with Crippen molar-refractivity contribution in [2.45, 2.75) is 18.6 Å². The van der Waals surface area contributed by atoms with Crippen molar-refractivity contribution in [2.75, 3.05) is 0 Å². The van der Waals surface area contributed by atoms with Gasteiger partial charge in [-0.25, -0.2) is 14.4 Å². The van der Waals surface area contributed by atoms with Gasteiger partial charge in [-0.2, -0.15) is 0 Å². The minimum atomic E-state index is -1.69. The number of rotatable bonds is 5. The molecule has 3 rings (SSSR count). The first-order chi connectivity index (χ1) is 15.0. The van der Waals surface area contributed by atoms with Crippen molar-refractivity contribution in [2.24, 2.45) is 0 Å². The summed E-state index contributed by atoms with van der Waals surface area (Å²) in [4.78, 5) is 35.3. The van der Waals surface area contributed by atoms with E-state index in [2.05, 4.69) is 0 Å². The highest BCUT2D eigenvalue weighted by Crippen LogP contribution is 2.41. The number of carboxylic acid groups (broad SMARTS) is 2. The summed E-state index contributed by atoms with van der Waals surface area (Å²) in [5, 5.41) is 66.8. The first-order valence-electron chi connectivity index (χ1n) is 8.83. The molecule has 0 aromatic heterocycles. The molecular formula is C20H16O12. The van der Waals surface area contributed by atoms with E-state index >= 15 is 0 Å². The van der Waals surface area contributed by atoms with Crippen molar-refractivity contribution in [1.82, 2.24) is 0 Å². The molecular weight excluding hydrogens is 432 g/mol. The maximum Gasteiger partial charge on any atom is 0.338 e. The van der Waals surface area contributed by atoms with Gasteiger partial charge in [0, 0.05) is 30.2 Å². The average Bonchev–Trinajstić information content (AvgIpc) is 2.69. The Morgan fingerprint density at radius 2 is 1.56 bits per heavy atom. The van der Waals surface area contributed by atoms with Crippen molar-refractivity contribution >= 4 is 17.9 Å². The predicted molar refractivity (Wildman–Crippen MR) is 102 cm³/mol. The van der Waals surface area contributed by atoms with Gasteiger partial charge in [0.05, 0.1) is 11.1 Å². The molecule has 2 aromatic carbocycles. The van der Waals surface area contributed by atoms with E-state index in [0.29, 0.717) is 6.08 Å². The van der Waals surface area contributed by atoms with Crippen molar-refractivity contribution in [3.63, 3.8) is 0 Å². The SMILES string of the molecule is O=C(O)C=C(C(=O)O)[C@H]1Oc2cc(O)cc(O)c2C[C@H]1OC(=O)c1cc(O)c(O)c(O)c1. The number of aromatic hydroxyl groups is 5. The van der Waals surface area contributed by atoms with Gasteiger partial charge in [-0.15, -0.1) is 0 Å². The molecule has 0 fully saturated rings. The molecule has 0 bridgehead atoms. The van der Waals surface area contributed by atoms with Gasteiger partial charge in [-0.3, -0.25) is 0 Å². The third kappa shape index (κ3) is 4.28.